The first-order valence-electron chi connectivity index (χ1n) is 6.25. The number of rotatable bonds is 3. The van der Waals surface area contributed by atoms with Crippen LogP contribution in [0.2, 0.25) is 10.0 Å². The standard InChI is InChI=1S/C15H13Cl2NO3S/c1-9-3-5-11(8-13(9)17)18-15(19)10-4-6-12(16)14(7-10)22(2,20)21/h3-8H,1-2H3,(H,18,19). The Hall–Kier alpha value is -1.56. The first-order valence-corrected chi connectivity index (χ1v) is 8.90. The molecule has 0 aliphatic rings. The van der Waals surface area contributed by atoms with Gasteiger partial charge < -0.3 is 5.32 Å². The van der Waals surface area contributed by atoms with Gasteiger partial charge in [-0.25, -0.2) is 8.42 Å². The normalized spacial score (nSPS) is 11.3. The van der Waals surface area contributed by atoms with Crippen LogP contribution in [0, 0.1) is 6.92 Å². The van der Waals surface area contributed by atoms with Crippen molar-refractivity contribution >= 4 is 44.6 Å². The van der Waals surface area contributed by atoms with Crippen LogP contribution in [-0.2, 0) is 9.84 Å². The number of benzene rings is 2. The molecule has 0 saturated carbocycles. The van der Waals surface area contributed by atoms with Gasteiger partial charge in [-0.15, -0.1) is 0 Å². The maximum Gasteiger partial charge on any atom is 0.255 e. The molecule has 0 heterocycles. The van der Waals surface area contributed by atoms with E-state index in [1.165, 1.54) is 18.2 Å². The number of anilines is 1. The van der Waals surface area contributed by atoms with Crippen LogP contribution in [0.25, 0.3) is 0 Å². The number of hydrogen-bond donors (Lipinski definition) is 1. The van der Waals surface area contributed by atoms with E-state index >= 15 is 0 Å². The molecule has 0 spiro atoms. The van der Waals surface area contributed by atoms with Crippen LogP contribution in [0.1, 0.15) is 15.9 Å². The van der Waals surface area contributed by atoms with Crippen molar-refractivity contribution < 1.29 is 13.2 Å². The van der Waals surface area contributed by atoms with E-state index in [0.29, 0.717) is 10.7 Å². The van der Waals surface area contributed by atoms with Crippen molar-refractivity contribution in [2.24, 2.45) is 0 Å². The number of nitrogens with one attached hydrogen (secondary N) is 1. The summed E-state index contributed by atoms with van der Waals surface area (Å²) < 4.78 is 23.3. The van der Waals surface area contributed by atoms with Gasteiger partial charge in [-0.3, -0.25) is 4.79 Å². The highest BCUT2D eigenvalue weighted by atomic mass is 35.5. The largest absolute Gasteiger partial charge is 0.322 e. The number of carbonyl (C=O) groups is 1. The molecule has 2 rings (SSSR count). The topological polar surface area (TPSA) is 63.2 Å². The fourth-order valence-electron chi connectivity index (χ4n) is 1.80. The molecular weight excluding hydrogens is 345 g/mol. The molecule has 0 aliphatic heterocycles. The number of halogens is 2. The summed E-state index contributed by atoms with van der Waals surface area (Å²) in [6.07, 6.45) is 1.04. The molecule has 116 valence electrons. The smallest absolute Gasteiger partial charge is 0.255 e. The fraction of sp³-hybridized carbons (Fsp3) is 0.133. The summed E-state index contributed by atoms with van der Waals surface area (Å²) in [7, 11) is -3.51. The van der Waals surface area contributed by atoms with Crippen LogP contribution >= 0.6 is 23.2 Å². The molecule has 1 amide bonds. The summed E-state index contributed by atoms with van der Waals surface area (Å²) >= 11 is 11.9. The zero-order chi connectivity index (χ0) is 16.5. The second-order valence-corrected chi connectivity index (χ2v) is 7.63. The number of sulfone groups is 1. The van der Waals surface area contributed by atoms with Crippen molar-refractivity contribution in [2.45, 2.75) is 11.8 Å². The molecule has 0 unspecified atom stereocenters. The molecule has 0 fully saturated rings. The van der Waals surface area contributed by atoms with Gasteiger partial charge in [0.15, 0.2) is 9.84 Å². The zero-order valence-corrected chi connectivity index (χ0v) is 14.2. The molecule has 7 heteroatoms. The van der Waals surface area contributed by atoms with Gasteiger partial charge in [0.2, 0.25) is 0 Å². The first kappa shape index (κ1) is 16.8. The van der Waals surface area contributed by atoms with Crippen LogP contribution in [0.5, 0.6) is 0 Å². The lowest BCUT2D eigenvalue weighted by Crippen LogP contribution is -2.13. The highest BCUT2D eigenvalue weighted by Crippen LogP contribution is 2.24. The lowest BCUT2D eigenvalue weighted by molar-refractivity contribution is 0.102. The van der Waals surface area contributed by atoms with Gasteiger partial charge in [0, 0.05) is 22.5 Å². The van der Waals surface area contributed by atoms with Crippen LogP contribution in [0.15, 0.2) is 41.3 Å². The third-order valence-corrected chi connectivity index (χ3v) is 5.01. The summed E-state index contributed by atoms with van der Waals surface area (Å²) in [5.74, 6) is -0.443. The Bertz CT molecular complexity index is 848. The van der Waals surface area contributed by atoms with E-state index in [9.17, 15) is 13.2 Å². The van der Waals surface area contributed by atoms with E-state index in [-0.39, 0.29) is 15.5 Å². The predicted octanol–water partition coefficient (Wildman–Crippen LogP) is 3.96. The minimum absolute atomic E-state index is 0.0799. The van der Waals surface area contributed by atoms with Crippen molar-refractivity contribution in [1.82, 2.24) is 0 Å². The van der Waals surface area contributed by atoms with Crippen molar-refractivity contribution in [3.05, 3.63) is 57.6 Å². The number of amides is 1. The van der Waals surface area contributed by atoms with Gasteiger partial charge in [0.25, 0.3) is 5.91 Å². The minimum Gasteiger partial charge on any atom is -0.322 e. The first-order chi connectivity index (χ1) is 10.2. The third kappa shape index (κ3) is 3.80. The van der Waals surface area contributed by atoms with E-state index in [0.717, 1.165) is 11.8 Å². The SMILES string of the molecule is Cc1ccc(NC(=O)c2ccc(Cl)c(S(C)(=O)=O)c2)cc1Cl. The molecule has 0 radical (unpaired) electrons. The fourth-order valence-corrected chi connectivity index (χ4v) is 3.28. The van der Waals surface area contributed by atoms with E-state index in [1.54, 1.807) is 18.2 Å². The van der Waals surface area contributed by atoms with Crippen LogP contribution in [-0.4, -0.2) is 20.6 Å². The molecule has 0 saturated heterocycles. The monoisotopic (exact) mass is 357 g/mol. The van der Waals surface area contributed by atoms with Crippen molar-refractivity contribution in [3.8, 4) is 0 Å². The van der Waals surface area contributed by atoms with Gasteiger partial charge in [0.05, 0.1) is 9.92 Å². The Morgan fingerprint density at radius 2 is 1.73 bits per heavy atom. The van der Waals surface area contributed by atoms with Crippen molar-refractivity contribution in [3.63, 3.8) is 0 Å². The Morgan fingerprint density at radius 3 is 2.32 bits per heavy atom. The number of carbonyl (C=O) groups excluding carboxylic acids is 1. The van der Waals surface area contributed by atoms with E-state index < -0.39 is 15.7 Å². The Balaban J connectivity index is 2.32. The second-order valence-electron chi connectivity index (χ2n) is 4.84. The van der Waals surface area contributed by atoms with Crippen LogP contribution in [0.3, 0.4) is 0 Å². The lowest BCUT2D eigenvalue weighted by atomic mass is 10.2. The van der Waals surface area contributed by atoms with Crippen molar-refractivity contribution in [2.75, 3.05) is 11.6 Å². The van der Waals surface area contributed by atoms with Gasteiger partial charge in [-0.05, 0) is 42.8 Å². The highest BCUT2D eigenvalue weighted by molar-refractivity contribution is 7.90. The number of hydrogen-bond acceptors (Lipinski definition) is 3. The molecule has 2 aromatic rings. The molecule has 2 aromatic carbocycles. The highest BCUT2D eigenvalue weighted by Gasteiger charge is 2.16. The maximum absolute atomic E-state index is 12.2. The van der Waals surface area contributed by atoms with Crippen LogP contribution in [0.4, 0.5) is 5.69 Å². The lowest BCUT2D eigenvalue weighted by Gasteiger charge is -2.09. The zero-order valence-electron chi connectivity index (χ0n) is 11.9. The average Bonchev–Trinajstić information content (AvgIpc) is 2.42. The summed E-state index contributed by atoms with van der Waals surface area (Å²) in [4.78, 5) is 12.1. The summed E-state index contributed by atoms with van der Waals surface area (Å²) in [5.41, 5.74) is 1.61. The molecule has 0 aromatic heterocycles. The second kappa shape index (κ2) is 6.28. The molecule has 0 bridgehead atoms. The molecule has 22 heavy (non-hydrogen) atoms. The van der Waals surface area contributed by atoms with E-state index in [2.05, 4.69) is 5.32 Å². The van der Waals surface area contributed by atoms with Crippen LogP contribution < -0.4 is 5.32 Å². The molecule has 4 nitrogen and oxygen atoms in total. The maximum atomic E-state index is 12.2. The molecular formula is C15H13Cl2NO3S. The summed E-state index contributed by atoms with van der Waals surface area (Å²) in [6.45, 7) is 1.85. The van der Waals surface area contributed by atoms with Gasteiger partial charge in [-0.1, -0.05) is 29.3 Å². The van der Waals surface area contributed by atoms with Gasteiger partial charge in [-0.2, -0.15) is 0 Å². The minimum atomic E-state index is -3.51. The van der Waals surface area contributed by atoms with Gasteiger partial charge >= 0.3 is 0 Å². The average molecular weight is 358 g/mol. The quantitative estimate of drug-likeness (QED) is 0.903. The Labute approximate surface area is 139 Å². The molecule has 1 N–H and O–H groups in total. The number of aryl methyl sites for hydroxylation is 1. The Morgan fingerprint density at radius 1 is 1.05 bits per heavy atom. The summed E-state index contributed by atoms with van der Waals surface area (Å²) in [6, 6.07) is 9.22. The van der Waals surface area contributed by atoms with Crippen molar-refractivity contribution in [1.29, 1.82) is 0 Å². The summed E-state index contributed by atoms with van der Waals surface area (Å²) in [5, 5.41) is 3.28. The Kier molecular flexibility index (Phi) is 4.80. The van der Waals surface area contributed by atoms with Gasteiger partial charge in [0.1, 0.15) is 0 Å². The molecule has 0 aliphatic carbocycles. The van der Waals surface area contributed by atoms with E-state index in [4.69, 9.17) is 23.2 Å². The van der Waals surface area contributed by atoms with E-state index in [1.807, 2.05) is 6.92 Å². The third-order valence-electron chi connectivity index (χ3n) is 3.02. The molecule has 0 atom stereocenters. The predicted molar refractivity (Wildman–Crippen MR) is 88.7 cm³/mol.